The minimum Gasteiger partial charge on any atom is -0.396 e. The molecule has 4 heteroatoms. The van der Waals surface area contributed by atoms with E-state index in [9.17, 15) is 0 Å². The summed E-state index contributed by atoms with van der Waals surface area (Å²) in [5, 5.41) is 11.7. The zero-order chi connectivity index (χ0) is 9.61. The number of hydrogen-bond donors (Lipinski definition) is 3. The quantitative estimate of drug-likeness (QED) is 0.411. The lowest BCUT2D eigenvalue weighted by Crippen LogP contribution is -2.38. The van der Waals surface area contributed by atoms with Gasteiger partial charge in [0.25, 0.3) is 0 Å². The molecule has 0 saturated carbocycles. The molecule has 0 aromatic carbocycles. The highest BCUT2D eigenvalue weighted by atomic mass is 16.3. The van der Waals surface area contributed by atoms with Crippen molar-refractivity contribution in [2.24, 2.45) is 16.1 Å². The predicted octanol–water partition coefficient (Wildman–Crippen LogP) is -0.0709. The van der Waals surface area contributed by atoms with E-state index in [1.807, 2.05) is 0 Å². The van der Waals surface area contributed by atoms with Crippen LogP contribution in [0.5, 0.6) is 0 Å². The van der Waals surface area contributed by atoms with Crippen molar-refractivity contribution in [2.45, 2.75) is 20.3 Å². The molecule has 0 unspecified atom stereocenters. The van der Waals surface area contributed by atoms with E-state index in [1.165, 1.54) is 0 Å². The minimum absolute atomic E-state index is 0.0596. The van der Waals surface area contributed by atoms with Crippen LogP contribution in [0.15, 0.2) is 4.99 Å². The smallest absolute Gasteiger partial charge is 0.188 e. The Hall–Kier alpha value is -0.770. The van der Waals surface area contributed by atoms with Gasteiger partial charge < -0.3 is 16.2 Å². The summed E-state index contributed by atoms with van der Waals surface area (Å²) in [5.41, 5.74) is 5.51. The first-order chi connectivity index (χ1) is 5.52. The van der Waals surface area contributed by atoms with Gasteiger partial charge in [-0.3, -0.25) is 4.99 Å². The molecule has 0 aliphatic heterocycles. The summed E-state index contributed by atoms with van der Waals surface area (Å²) in [7, 11) is 1.64. The Balaban J connectivity index is 3.75. The number of nitrogens with one attached hydrogen (secondary N) is 1. The Labute approximate surface area is 73.9 Å². The molecule has 0 aliphatic carbocycles. The molecular formula is C8H19N3O. The number of aliphatic hydroxyl groups is 1. The van der Waals surface area contributed by atoms with Gasteiger partial charge in [-0.25, -0.2) is 0 Å². The molecular weight excluding hydrogens is 154 g/mol. The summed E-state index contributed by atoms with van der Waals surface area (Å²) in [6, 6.07) is 0. The number of nitrogens with zero attached hydrogens (tertiary/aromatic N) is 1. The highest BCUT2D eigenvalue weighted by molar-refractivity contribution is 5.77. The normalized spacial score (nSPS) is 13.2. The molecule has 0 heterocycles. The Morgan fingerprint density at radius 2 is 2.17 bits per heavy atom. The second-order valence-corrected chi connectivity index (χ2v) is 3.60. The molecule has 0 rings (SSSR count). The Bertz CT molecular complexity index is 154. The van der Waals surface area contributed by atoms with Crippen LogP contribution in [0.25, 0.3) is 0 Å². The van der Waals surface area contributed by atoms with E-state index in [0.717, 1.165) is 13.0 Å². The van der Waals surface area contributed by atoms with Crippen molar-refractivity contribution in [3.05, 3.63) is 0 Å². The van der Waals surface area contributed by atoms with Crippen molar-refractivity contribution in [1.82, 2.24) is 5.32 Å². The van der Waals surface area contributed by atoms with Crippen LogP contribution in [0.1, 0.15) is 20.3 Å². The molecule has 0 amide bonds. The van der Waals surface area contributed by atoms with Gasteiger partial charge in [-0.2, -0.15) is 0 Å². The zero-order valence-corrected chi connectivity index (χ0v) is 8.09. The first-order valence-corrected chi connectivity index (χ1v) is 4.09. The summed E-state index contributed by atoms with van der Waals surface area (Å²) >= 11 is 0. The number of hydrogen-bond acceptors (Lipinski definition) is 2. The maximum Gasteiger partial charge on any atom is 0.188 e. The summed E-state index contributed by atoms with van der Waals surface area (Å²) in [5.74, 6) is 0.445. The molecule has 0 atom stereocenters. The third-order valence-electron chi connectivity index (χ3n) is 1.78. The molecule has 12 heavy (non-hydrogen) atoms. The van der Waals surface area contributed by atoms with E-state index >= 15 is 0 Å². The Morgan fingerprint density at radius 1 is 1.58 bits per heavy atom. The molecule has 0 saturated heterocycles. The highest BCUT2D eigenvalue weighted by Gasteiger charge is 2.16. The summed E-state index contributed by atoms with van der Waals surface area (Å²) < 4.78 is 0. The predicted molar refractivity (Wildman–Crippen MR) is 51.0 cm³/mol. The van der Waals surface area contributed by atoms with E-state index in [-0.39, 0.29) is 12.0 Å². The first kappa shape index (κ1) is 11.2. The SMILES string of the molecule is CN=C(N)NCC(C)(C)CCO. The molecule has 0 aromatic rings. The van der Waals surface area contributed by atoms with E-state index in [0.29, 0.717) is 5.96 Å². The average Bonchev–Trinajstić information content (AvgIpc) is 2.00. The fourth-order valence-electron chi connectivity index (χ4n) is 0.800. The second-order valence-electron chi connectivity index (χ2n) is 3.60. The third-order valence-corrected chi connectivity index (χ3v) is 1.78. The molecule has 0 radical (unpaired) electrons. The van der Waals surface area contributed by atoms with Crippen LogP contribution in [0.2, 0.25) is 0 Å². The fourth-order valence-corrected chi connectivity index (χ4v) is 0.800. The topological polar surface area (TPSA) is 70.6 Å². The minimum atomic E-state index is 0.0596. The Morgan fingerprint density at radius 3 is 2.58 bits per heavy atom. The molecule has 0 fully saturated rings. The van der Waals surface area contributed by atoms with Gasteiger partial charge in [0.2, 0.25) is 0 Å². The van der Waals surface area contributed by atoms with E-state index < -0.39 is 0 Å². The highest BCUT2D eigenvalue weighted by Crippen LogP contribution is 2.17. The Kier molecular flexibility index (Phi) is 4.66. The van der Waals surface area contributed by atoms with Crippen molar-refractivity contribution in [1.29, 1.82) is 0 Å². The van der Waals surface area contributed by atoms with E-state index in [1.54, 1.807) is 7.05 Å². The number of aliphatic imine (C=N–C) groups is 1. The van der Waals surface area contributed by atoms with Crippen LogP contribution >= 0.6 is 0 Å². The lowest BCUT2D eigenvalue weighted by atomic mass is 9.90. The zero-order valence-electron chi connectivity index (χ0n) is 8.09. The standard InChI is InChI=1S/C8H19N3O/c1-8(2,4-5-12)6-11-7(9)10-3/h12H,4-6H2,1-3H3,(H3,9,10,11). The van der Waals surface area contributed by atoms with Crippen LogP contribution in [0.4, 0.5) is 0 Å². The summed E-state index contributed by atoms with van der Waals surface area (Å²) in [4.78, 5) is 3.77. The first-order valence-electron chi connectivity index (χ1n) is 4.09. The van der Waals surface area contributed by atoms with Crippen LogP contribution in [-0.4, -0.2) is 31.3 Å². The lowest BCUT2D eigenvalue weighted by molar-refractivity contribution is 0.212. The van der Waals surface area contributed by atoms with Gasteiger partial charge in [0.05, 0.1) is 0 Å². The second kappa shape index (κ2) is 4.98. The lowest BCUT2D eigenvalue weighted by Gasteiger charge is -2.23. The number of rotatable bonds is 4. The van der Waals surface area contributed by atoms with Crippen LogP contribution in [0.3, 0.4) is 0 Å². The monoisotopic (exact) mass is 173 g/mol. The van der Waals surface area contributed by atoms with E-state index in [2.05, 4.69) is 24.2 Å². The van der Waals surface area contributed by atoms with Crippen molar-refractivity contribution < 1.29 is 5.11 Å². The fraction of sp³-hybridized carbons (Fsp3) is 0.875. The molecule has 0 bridgehead atoms. The number of nitrogens with two attached hydrogens (primary N) is 1. The summed E-state index contributed by atoms with van der Waals surface area (Å²) in [6.07, 6.45) is 0.761. The van der Waals surface area contributed by atoms with E-state index in [4.69, 9.17) is 10.8 Å². The van der Waals surface area contributed by atoms with Crippen LogP contribution in [-0.2, 0) is 0 Å². The van der Waals surface area contributed by atoms with Gasteiger partial charge in [0.1, 0.15) is 0 Å². The van der Waals surface area contributed by atoms with Gasteiger partial charge in [-0.05, 0) is 11.8 Å². The van der Waals surface area contributed by atoms with Crippen molar-refractivity contribution in [2.75, 3.05) is 20.2 Å². The van der Waals surface area contributed by atoms with Gasteiger partial charge in [-0.1, -0.05) is 13.8 Å². The molecule has 0 aliphatic rings. The largest absolute Gasteiger partial charge is 0.396 e. The van der Waals surface area contributed by atoms with Crippen molar-refractivity contribution in [3.63, 3.8) is 0 Å². The van der Waals surface area contributed by atoms with Gasteiger partial charge >= 0.3 is 0 Å². The van der Waals surface area contributed by atoms with Gasteiger partial charge in [-0.15, -0.1) is 0 Å². The molecule has 4 N–H and O–H groups in total. The molecule has 72 valence electrons. The van der Waals surface area contributed by atoms with Crippen LogP contribution < -0.4 is 11.1 Å². The summed E-state index contributed by atoms with van der Waals surface area (Å²) in [6.45, 7) is 5.08. The molecule has 4 nitrogen and oxygen atoms in total. The molecule has 0 spiro atoms. The molecule has 0 aromatic heterocycles. The maximum absolute atomic E-state index is 8.74. The van der Waals surface area contributed by atoms with Crippen LogP contribution in [0, 0.1) is 5.41 Å². The maximum atomic E-state index is 8.74. The van der Waals surface area contributed by atoms with Crippen molar-refractivity contribution in [3.8, 4) is 0 Å². The van der Waals surface area contributed by atoms with Crippen molar-refractivity contribution >= 4 is 5.96 Å². The average molecular weight is 173 g/mol. The number of aliphatic hydroxyl groups excluding tert-OH is 1. The third kappa shape index (κ3) is 4.96. The van der Waals surface area contributed by atoms with Gasteiger partial charge in [0.15, 0.2) is 5.96 Å². The van der Waals surface area contributed by atoms with Gasteiger partial charge in [0, 0.05) is 20.2 Å². The number of guanidine groups is 1.